The van der Waals surface area contributed by atoms with Gasteiger partial charge in [0.1, 0.15) is 0 Å². The molecule has 0 aliphatic carbocycles. The Hall–Kier alpha value is -1.97. The number of anilines is 1. The number of sulfonamides is 1. The molecular weight excluding hydrogens is 501 g/mol. The van der Waals surface area contributed by atoms with Crippen molar-refractivity contribution in [1.82, 2.24) is 9.29 Å². The van der Waals surface area contributed by atoms with Gasteiger partial charge in [-0.25, -0.2) is 13.4 Å². The van der Waals surface area contributed by atoms with Gasteiger partial charge in [0.15, 0.2) is 5.13 Å². The van der Waals surface area contributed by atoms with E-state index >= 15 is 0 Å². The molecule has 0 saturated carbocycles. The maximum Gasteiger partial charge on any atom is 0.257 e. The molecule has 3 aromatic rings. The van der Waals surface area contributed by atoms with Crippen LogP contribution in [0.2, 0.25) is 10.0 Å². The fraction of sp³-hybridized carbons (Fsp3) is 0.304. The number of aromatic nitrogens is 1. The van der Waals surface area contributed by atoms with Gasteiger partial charge in [-0.2, -0.15) is 4.31 Å². The predicted molar refractivity (Wildman–Crippen MR) is 134 cm³/mol. The van der Waals surface area contributed by atoms with E-state index in [2.05, 4.69) is 24.1 Å². The molecular formula is C23H23Cl2N3O3S2. The highest BCUT2D eigenvalue weighted by atomic mass is 35.5. The quantitative estimate of drug-likeness (QED) is 0.442. The zero-order valence-electron chi connectivity index (χ0n) is 18.1. The Bertz CT molecular complexity index is 1270. The summed E-state index contributed by atoms with van der Waals surface area (Å²) in [5.74, 6) is 0.259. The number of halogens is 2. The molecule has 33 heavy (non-hydrogen) atoms. The molecule has 0 unspecified atom stereocenters. The van der Waals surface area contributed by atoms with E-state index in [9.17, 15) is 13.2 Å². The maximum atomic E-state index is 13.0. The van der Waals surface area contributed by atoms with Crippen LogP contribution in [0.1, 0.15) is 30.6 Å². The number of amides is 1. The van der Waals surface area contributed by atoms with E-state index in [4.69, 9.17) is 23.2 Å². The van der Waals surface area contributed by atoms with Crippen LogP contribution in [0, 0.1) is 11.8 Å². The summed E-state index contributed by atoms with van der Waals surface area (Å²) in [4.78, 5) is 17.3. The lowest BCUT2D eigenvalue weighted by molar-refractivity contribution is 0.102. The molecule has 1 saturated heterocycles. The van der Waals surface area contributed by atoms with Crippen LogP contribution in [-0.2, 0) is 10.0 Å². The molecule has 1 aliphatic heterocycles. The van der Waals surface area contributed by atoms with Crippen molar-refractivity contribution in [2.45, 2.75) is 25.2 Å². The highest BCUT2D eigenvalue weighted by Crippen LogP contribution is 2.33. The number of thiazole rings is 1. The number of hydrogen-bond donors (Lipinski definition) is 1. The van der Waals surface area contributed by atoms with Crippen molar-refractivity contribution < 1.29 is 13.2 Å². The molecule has 6 nitrogen and oxygen atoms in total. The third-order valence-electron chi connectivity index (χ3n) is 5.52. The Labute approximate surface area is 207 Å². The van der Waals surface area contributed by atoms with Crippen molar-refractivity contribution in [3.8, 4) is 11.3 Å². The molecule has 1 amide bonds. The zero-order valence-corrected chi connectivity index (χ0v) is 21.2. The van der Waals surface area contributed by atoms with Crippen LogP contribution in [0.4, 0.5) is 5.13 Å². The van der Waals surface area contributed by atoms with Crippen molar-refractivity contribution in [1.29, 1.82) is 0 Å². The molecule has 1 aliphatic rings. The maximum absolute atomic E-state index is 13.0. The van der Waals surface area contributed by atoms with Crippen LogP contribution in [0.5, 0.6) is 0 Å². The first kappa shape index (κ1) is 24.2. The van der Waals surface area contributed by atoms with Gasteiger partial charge in [-0.3, -0.25) is 10.1 Å². The van der Waals surface area contributed by atoms with Gasteiger partial charge in [0.05, 0.1) is 15.6 Å². The van der Waals surface area contributed by atoms with Gasteiger partial charge in [-0.05, 0) is 60.7 Å². The first-order chi connectivity index (χ1) is 15.6. The number of nitrogens with zero attached hydrogens (tertiary/aromatic N) is 2. The molecule has 2 atom stereocenters. The highest BCUT2D eigenvalue weighted by Gasteiger charge is 2.31. The summed E-state index contributed by atoms with van der Waals surface area (Å²) in [6.07, 6.45) is 1.02. The summed E-state index contributed by atoms with van der Waals surface area (Å²) >= 11 is 13.5. The molecule has 2 heterocycles. The number of rotatable bonds is 5. The van der Waals surface area contributed by atoms with Crippen LogP contribution in [-0.4, -0.2) is 36.7 Å². The van der Waals surface area contributed by atoms with E-state index < -0.39 is 10.0 Å². The number of benzene rings is 2. The first-order valence-corrected chi connectivity index (χ1v) is 13.5. The van der Waals surface area contributed by atoms with Gasteiger partial charge < -0.3 is 0 Å². The number of nitrogens with one attached hydrogen (secondary N) is 1. The van der Waals surface area contributed by atoms with Gasteiger partial charge in [0.2, 0.25) is 10.0 Å². The van der Waals surface area contributed by atoms with Crippen LogP contribution < -0.4 is 5.32 Å². The molecule has 0 spiro atoms. The predicted octanol–water partition coefficient (Wildman–Crippen LogP) is 6.04. The normalized spacial score (nSPS) is 19.4. The van der Waals surface area contributed by atoms with Crippen molar-refractivity contribution in [2.24, 2.45) is 11.8 Å². The molecule has 4 rings (SSSR count). The number of piperidine rings is 1. The topological polar surface area (TPSA) is 79.4 Å². The Morgan fingerprint density at radius 2 is 1.76 bits per heavy atom. The van der Waals surface area contributed by atoms with Crippen LogP contribution in [0.15, 0.2) is 52.7 Å². The fourth-order valence-electron chi connectivity index (χ4n) is 4.05. The average Bonchev–Trinajstić information content (AvgIpc) is 3.23. The largest absolute Gasteiger partial charge is 0.298 e. The minimum absolute atomic E-state index is 0.187. The molecule has 0 radical (unpaired) electrons. The third kappa shape index (κ3) is 5.41. The summed E-state index contributed by atoms with van der Waals surface area (Å²) in [5.41, 5.74) is 1.62. The molecule has 0 bridgehead atoms. The lowest BCUT2D eigenvalue weighted by Gasteiger charge is -2.34. The van der Waals surface area contributed by atoms with Crippen molar-refractivity contribution in [2.75, 3.05) is 18.4 Å². The Morgan fingerprint density at radius 1 is 1.09 bits per heavy atom. The van der Waals surface area contributed by atoms with Crippen LogP contribution in [0.25, 0.3) is 11.3 Å². The van der Waals surface area contributed by atoms with Crippen molar-refractivity contribution in [3.05, 3.63) is 63.5 Å². The molecule has 1 N–H and O–H groups in total. The summed E-state index contributed by atoms with van der Waals surface area (Å²) in [7, 11) is -3.60. The minimum atomic E-state index is -3.60. The van der Waals surface area contributed by atoms with Gasteiger partial charge >= 0.3 is 0 Å². The molecule has 174 valence electrons. The van der Waals surface area contributed by atoms with E-state index in [0.717, 1.165) is 6.42 Å². The Balaban J connectivity index is 1.47. The van der Waals surface area contributed by atoms with Crippen LogP contribution in [0.3, 0.4) is 0 Å². The Morgan fingerprint density at radius 3 is 2.42 bits per heavy atom. The SMILES string of the molecule is C[C@@H]1C[C@H](C)CN(S(=O)(=O)c2ccc(C(=O)Nc3nc(-c4cc(Cl)ccc4Cl)cs3)cc2)C1. The van der Waals surface area contributed by atoms with E-state index in [0.29, 0.717) is 56.9 Å². The third-order valence-corrected chi connectivity index (χ3v) is 8.69. The molecule has 2 aromatic carbocycles. The van der Waals surface area contributed by atoms with E-state index in [-0.39, 0.29) is 10.8 Å². The second-order valence-corrected chi connectivity index (χ2v) is 12.0. The van der Waals surface area contributed by atoms with Crippen molar-refractivity contribution >= 4 is 55.6 Å². The molecule has 10 heteroatoms. The van der Waals surface area contributed by atoms with Crippen LogP contribution >= 0.6 is 34.5 Å². The first-order valence-electron chi connectivity index (χ1n) is 10.5. The van der Waals surface area contributed by atoms with Gasteiger partial charge in [-0.15, -0.1) is 11.3 Å². The summed E-state index contributed by atoms with van der Waals surface area (Å²) in [5, 5.41) is 5.98. The molecule has 1 aromatic heterocycles. The van der Waals surface area contributed by atoms with E-state index in [1.54, 1.807) is 27.9 Å². The lowest BCUT2D eigenvalue weighted by Crippen LogP contribution is -2.42. The Kier molecular flexibility index (Phi) is 7.12. The number of carbonyl (C=O) groups excluding carboxylic acids is 1. The average molecular weight is 524 g/mol. The second kappa shape index (κ2) is 9.72. The standard InChI is InChI=1S/C23H23Cl2N3O3S2/c1-14-9-15(2)12-28(11-14)33(30,31)18-6-3-16(4-7-18)22(29)27-23-26-21(13-32-23)19-10-17(24)5-8-20(19)25/h3-8,10,13-15H,9,11-12H2,1-2H3,(H,26,27,29)/t14-,15+. The monoisotopic (exact) mass is 523 g/mol. The number of hydrogen-bond acceptors (Lipinski definition) is 5. The number of carbonyl (C=O) groups is 1. The van der Waals surface area contributed by atoms with E-state index in [1.165, 1.54) is 35.6 Å². The second-order valence-electron chi connectivity index (χ2n) is 8.41. The van der Waals surface area contributed by atoms with E-state index in [1.807, 2.05) is 0 Å². The highest BCUT2D eigenvalue weighted by molar-refractivity contribution is 7.89. The lowest BCUT2D eigenvalue weighted by atomic mass is 9.94. The summed E-state index contributed by atoms with van der Waals surface area (Å²) < 4.78 is 27.6. The minimum Gasteiger partial charge on any atom is -0.298 e. The zero-order chi connectivity index (χ0) is 23.8. The summed E-state index contributed by atoms with van der Waals surface area (Å²) in [6, 6.07) is 11.1. The smallest absolute Gasteiger partial charge is 0.257 e. The van der Waals surface area contributed by atoms with Gasteiger partial charge in [0.25, 0.3) is 5.91 Å². The fourth-order valence-corrected chi connectivity index (χ4v) is 6.82. The van der Waals surface area contributed by atoms with Crippen molar-refractivity contribution in [3.63, 3.8) is 0 Å². The van der Waals surface area contributed by atoms with Gasteiger partial charge in [0, 0.05) is 34.6 Å². The molecule has 1 fully saturated rings. The van der Waals surface area contributed by atoms with Gasteiger partial charge in [-0.1, -0.05) is 37.0 Å². The summed E-state index contributed by atoms with van der Waals surface area (Å²) in [6.45, 7) is 5.15.